The fourth-order valence-electron chi connectivity index (χ4n) is 1.52. The average Bonchev–Trinajstić information content (AvgIpc) is 2.73. The van der Waals surface area contributed by atoms with Crippen molar-refractivity contribution >= 4 is 11.8 Å². The van der Waals surface area contributed by atoms with Crippen LogP contribution in [0.25, 0.3) is 11.4 Å². The van der Waals surface area contributed by atoms with Crippen molar-refractivity contribution in [3.05, 3.63) is 24.5 Å². The quantitative estimate of drug-likeness (QED) is 0.762. The maximum atomic E-state index is 4.24. The van der Waals surface area contributed by atoms with Gasteiger partial charge in [-0.05, 0) is 24.8 Å². The van der Waals surface area contributed by atoms with Gasteiger partial charge in [-0.15, -0.1) is 10.2 Å². The van der Waals surface area contributed by atoms with E-state index in [0.717, 1.165) is 28.8 Å². The molecule has 0 N–H and O–H groups in total. The Balaban J connectivity index is 2.42. The molecule has 2 heterocycles. The Bertz CT molecular complexity index is 452. The minimum atomic E-state index is 0.882. The highest BCUT2D eigenvalue weighted by molar-refractivity contribution is 7.99. The second-order valence-electron chi connectivity index (χ2n) is 3.22. The molecule has 0 aliphatic rings. The lowest BCUT2D eigenvalue weighted by Gasteiger charge is -2.05. The summed E-state index contributed by atoms with van der Waals surface area (Å²) >= 11 is 1.72. The predicted octanol–water partition coefficient (Wildman–Crippen LogP) is 2.47. The lowest BCUT2D eigenvalue weighted by Crippen LogP contribution is -1.99. The maximum absolute atomic E-state index is 4.24. The van der Waals surface area contributed by atoms with E-state index < -0.39 is 0 Å². The first-order chi connectivity index (χ1) is 7.86. The van der Waals surface area contributed by atoms with Crippen LogP contribution in [0.4, 0.5) is 0 Å². The van der Waals surface area contributed by atoms with Gasteiger partial charge in [-0.25, -0.2) is 0 Å². The molecule has 0 aliphatic heterocycles. The standard InChI is InChI=1S/C11H14N4S/c1-3-15-10(9-5-7-12-8-6-9)13-14-11(15)16-4-2/h5-8H,3-4H2,1-2H3. The molecule has 0 bridgehead atoms. The third-order valence-electron chi connectivity index (χ3n) is 2.25. The Morgan fingerprint density at radius 2 is 1.94 bits per heavy atom. The third kappa shape index (κ3) is 2.09. The molecule has 2 aromatic heterocycles. The molecule has 4 nitrogen and oxygen atoms in total. The van der Waals surface area contributed by atoms with Crippen LogP contribution >= 0.6 is 11.8 Å². The summed E-state index contributed by atoms with van der Waals surface area (Å²) < 4.78 is 2.13. The smallest absolute Gasteiger partial charge is 0.191 e. The minimum Gasteiger partial charge on any atom is -0.302 e. The van der Waals surface area contributed by atoms with Gasteiger partial charge >= 0.3 is 0 Å². The molecule has 0 amide bonds. The van der Waals surface area contributed by atoms with Crippen LogP contribution in [0, 0.1) is 0 Å². The van der Waals surface area contributed by atoms with Gasteiger partial charge in [0.2, 0.25) is 0 Å². The fraction of sp³-hybridized carbons (Fsp3) is 0.364. The molecule has 0 saturated heterocycles. The number of thioether (sulfide) groups is 1. The minimum absolute atomic E-state index is 0.882. The van der Waals surface area contributed by atoms with Gasteiger partial charge in [-0.2, -0.15) is 0 Å². The summed E-state index contributed by atoms with van der Waals surface area (Å²) in [4.78, 5) is 4.01. The van der Waals surface area contributed by atoms with Crippen LogP contribution in [0.2, 0.25) is 0 Å². The molecule has 0 saturated carbocycles. The van der Waals surface area contributed by atoms with Crippen LogP contribution in [0.3, 0.4) is 0 Å². The molecule has 0 fully saturated rings. The van der Waals surface area contributed by atoms with Gasteiger partial charge in [0, 0.05) is 24.5 Å². The maximum Gasteiger partial charge on any atom is 0.191 e. The number of rotatable bonds is 4. The van der Waals surface area contributed by atoms with E-state index in [2.05, 4.69) is 33.6 Å². The highest BCUT2D eigenvalue weighted by atomic mass is 32.2. The molecule has 0 atom stereocenters. The molecule has 2 rings (SSSR count). The van der Waals surface area contributed by atoms with Gasteiger partial charge in [-0.3, -0.25) is 4.98 Å². The summed E-state index contributed by atoms with van der Waals surface area (Å²) in [6.07, 6.45) is 3.55. The topological polar surface area (TPSA) is 43.6 Å². The molecular weight excluding hydrogens is 220 g/mol. The summed E-state index contributed by atoms with van der Waals surface area (Å²) in [7, 11) is 0. The first-order valence-corrected chi connectivity index (χ1v) is 6.31. The van der Waals surface area contributed by atoms with E-state index in [1.165, 1.54) is 0 Å². The SMILES string of the molecule is CCSc1nnc(-c2ccncc2)n1CC. The van der Waals surface area contributed by atoms with Crippen molar-refractivity contribution in [2.45, 2.75) is 25.5 Å². The number of aromatic nitrogens is 4. The van der Waals surface area contributed by atoms with Gasteiger partial charge in [-0.1, -0.05) is 18.7 Å². The predicted molar refractivity (Wildman–Crippen MR) is 65.3 cm³/mol. The zero-order valence-electron chi connectivity index (χ0n) is 9.42. The average molecular weight is 234 g/mol. The van der Waals surface area contributed by atoms with Crippen molar-refractivity contribution in [3.63, 3.8) is 0 Å². The normalized spacial score (nSPS) is 10.6. The Kier molecular flexibility index (Phi) is 3.56. The molecule has 0 radical (unpaired) electrons. The number of pyridine rings is 1. The van der Waals surface area contributed by atoms with Crippen LogP contribution in [-0.4, -0.2) is 25.5 Å². The largest absolute Gasteiger partial charge is 0.302 e. The Morgan fingerprint density at radius 3 is 2.56 bits per heavy atom. The van der Waals surface area contributed by atoms with Crippen LogP contribution in [0.1, 0.15) is 13.8 Å². The van der Waals surface area contributed by atoms with Crippen LogP contribution in [0.15, 0.2) is 29.7 Å². The molecule has 84 valence electrons. The first-order valence-electron chi connectivity index (χ1n) is 5.33. The number of nitrogens with zero attached hydrogens (tertiary/aromatic N) is 4. The van der Waals surface area contributed by atoms with Crippen LogP contribution in [-0.2, 0) is 6.54 Å². The summed E-state index contributed by atoms with van der Waals surface area (Å²) in [6, 6.07) is 3.91. The van der Waals surface area contributed by atoms with Crippen molar-refractivity contribution in [1.82, 2.24) is 19.7 Å². The summed E-state index contributed by atoms with van der Waals surface area (Å²) in [5.74, 6) is 1.93. The summed E-state index contributed by atoms with van der Waals surface area (Å²) in [5.41, 5.74) is 1.06. The third-order valence-corrected chi connectivity index (χ3v) is 3.09. The Hall–Kier alpha value is -1.36. The highest BCUT2D eigenvalue weighted by Gasteiger charge is 2.11. The zero-order chi connectivity index (χ0) is 11.4. The zero-order valence-corrected chi connectivity index (χ0v) is 10.2. The Labute approximate surface area is 99.1 Å². The molecule has 2 aromatic rings. The van der Waals surface area contributed by atoms with Gasteiger partial charge in [0.1, 0.15) is 0 Å². The molecule has 0 aliphatic carbocycles. The Morgan fingerprint density at radius 1 is 1.19 bits per heavy atom. The van der Waals surface area contributed by atoms with Gasteiger partial charge in [0.25, 0.3) is 0 Å². The van der Waals surface area contributed by atoms with Crippen molar-refractivity contribution in [1.29, 1.82) is 0 Å². The second kappa shape index (κ2) is 5.12. The van der Waals surface area contributed by atoms with E-state index in [4.69, 9.17) is 0 Å². The molecule has 0 unspecified atom stereocenters. The monoisotopic (exact) mass is 234 g/mol. The summed E-state index contributed by atoms with van der Waals surface area (Å²) in [5, 5.41) is 9.43. The van der Waals surface area contributed by atoms with E-state index in [1.807, 2.05) is 12.1 Å². The van der Waals surface area contributed by atoms with Crippen molar-refractivity contribution in [2.75, 3.05) is 5.75 Å². The van der Waals surface area contributed by atoms with Crippen molar-refractivity contribution < 1.29 is 0 Å². The van der Waals surface area contributed by atoms with Gasteiger partial charge < -0.3 is 4.57 Å². The second-order valence-corrected chi connectivity index (χ2v) is 4.45. The van der Waals surface area contributed by atoms with E-state index in [1.54, 1.807) is 24.2 Å². The van der Waals surface area contributed by atoms with Crippen molar-refractivity contribution in [2.24, 2.45) is 0 Å². The van der Waals surface area contributed by atoms with E-state index in [0.29, 0.717) is 0 Å². The highest BCUT2D eigenvalue weighted by Crippen LogP contribution is 2.22. The van der Waals surface area contributed by atoms with Gasteiger partial charge in [0.05, 0.1) is 0 Å². The molecule has 0 spiro atoms. The lowest BCUT2D eigenvalue weighted by atomic mass is 10.2. The van der Waals surface area contributed by atoms with Crippen LogP contribution in [0.5, 0.6) is 0 Å². The lowest BCUT2D eigenvalue weighted by molar-refractivity contribution is 0.687. The molecule has 16 heavy (non-hydrogen) atoms. The van der Waals surface area contributed by atoms with Crippen LogP contribution < -0.4 is 0 Å². The molecular formula is C11H14N4S. The fourth-order valence-corrected chi connectivity index (χ4v) is 2.25. The molecule has 0 aromatic carbocycles. The van der Waals surface area contributed by atoms with E-state index >= 15 is 0 Å². The van der Waals surface area contributed by atoms with Gasteiger partial charge in [0.15, 0.2) is 11.0 Å². The van der Waals surface area contributed by atoms with E-state index in [9.17, 15) is 0 Å². The first kappa shape index (κ1) is 11.1. The van der Waals surface area contributed by atoms with E-state index in [-0.39, 0.29) is 0 Å². The van der Waals surface area contributed by atoms with Crippen molar-refractivity contribution in [3.8, 4) is 11.4 Å². The number of hydrogen-bond acceptors (Lipinski definition) is 4. The summed E-state index contributed by atoms with van der Waals surface area (Å²) in [6.45, 7) is 5.10. The number of hydrogen-bond donors (Lipinski definition) is 0. The molecule has 5 heteroatoms.